The Morgan fingerprint density at radius 2 is 0.346 bits per heavy atom. The van der Waals surface area contributed by atoms with Gasteiger partial charge >= 0.3 is 17.9 Å². The second-order valence-corrected chi connectivity index (χ2v) is 24.9. The van der Waals surface area contributed by atoms with Crippen LogP contribution in [0.4, 0.5) is 0 Å². The van der Waals surface area contributed by atoms with Crippen LogP contribution in [0.2, 0.25) is 0 Å². The molecule has 0 N–H and O–H groups in total. The molecule has 0 aliphatic carbocycles. The molecule has 0 aromatic rings. The van der Waals surface area contributed by atoms with E-state index in [1.807, 2.05) is 0 Å². The lowest BCUT2D eigenvalue weighted by atomic mass is 10.0. The van der Waals surface area contributed by atoms with Crippen molar-refractivity contribution in [2.24, 2.45) is 0 Å². The van der Waals surface area contributed by atoms with Gasteiger partial charge in [0.15, 0.2) is 6.10 Å². The van der Waals surface area contributed by atoms with Gasteiger partial charge in [-0.15, -0.1) is 0 Å². The van der Waals surface area contributed by atoms with Gasteiger partial charge in [-0.25, -0.2) is 0 Å². The molecule has 0 aliphatic rings. The zero-order valence-electron chi connectivity index (χ0n) is 53.5. The van der Waals surface area contributed by atoms with Crippen LogP contribution in [-0.2, 0) is 28.6 Å². The van der Waals surface area contributed by atoms with Gasteiger partial charge < -0.3 is 14.2 Å². The smallest absolute Gasteiger partial charge is 0.306 e. The summed E-state index contributed by atoms with van der Waals surface area (Å²) in [6, 6.07) is 0. The van der Waals surface area contributed by atoms with E-state index in [0.717, 1.165) is 64.2 Å². The van der Waals surface area contributed by atoms with Crippen molar-refractivity contribution in [2.75, 3.05) is 13.2 Å². The number of carbonyl (C=O) groups is 3. The van der Waals surface area contributed by atoms with Crippen LogP contribution in [0, 0.1) is 0 Å². The highest BCUT2D eigenvalue weighted by molar-refractivity contribution is 5.71. The van der Waals surface area contributed by atoms with Crippen molar-refractivity contribution >= 4 is 17.9 Å². The molecule has 0 aromatic carbocycles. The zero-order chi connectivity index (χ0) is 56.4. The topological polar surface area (TPSA) is 78.9 Å². The van der Waals surface area contributed by atoms with Gasteiger partial charge in [0.05, 0.1) is 0 Å². The van der Waals surface area contributed by atoms with Gasteiger partial charge in [-0.2, -0.15) is 0 Å². The first-order valence-electron chi connectivity index (χ1n) is 36.0. The summed E-state index contributed by atoms with van der Waals surface area (Å²) in [6.07, 6.45) is 80.7. The summed E-state index contributed by atoms with van der Waals surface area (Å²) in [4.78, 5) is 38.0. The number of rotatable bonds is 68. The van der Waals surface area contributed by atoms with E-state index in [4.69, 9.17) is 14.2 Å². The number of carbonyl (C=O) groups excluding carboxylic acids is 3. The van der Waals surface area contributed by atoms with E-state index in [0.29, 0.717) is 19.3 Å². The highest BCUT2D eigenvalue weighted by Gasteiger charge is 2.19. The van der Waals surface area contributed by atoms with Crippen molar-refractivity contribution in [1.29, 1.82) is 0 Å². The molecule has 0 amide bonds. The summed E-state index contributed by atoms with van der Waals surface area (Å²) in [5, 5.41) is 0. The number of hydrogen-bond acceptors (Lipinski definition) is 6. The predicted molar refractivity (Wildman–Crippen MR) is 340 cm³/mol. The van der Waals surface area contributed by atoms with Crippen LogP contribution in [0.25, 0.3) is 0 Å². The predicted octanol–water partition coefficient (Wildman–Crippen LogP) is 24.6. The van der Waals surface area contributed by atoms with Gasteiger partial charge in [0, 0.05) is 19.3 Å². The normalized spacial score (nSPS) is 11.9. The van der Waals surface area contributed by atoms with Crippen molar-refractivity contribution in [3.05, 3.63) is 0 Å². The van der Waals surface area contributed by atoms with E-state index < -0.39 is 6.10 Å². The van der Waals surface area contributed by atoms with Crippen LogP contribution >= 0.6 is 0 Å². The fourth-order valence-corrected chi connectivity index (χ4v) is 11.5. The highest BCUT2D eigenvalue weighted by Crippen LogP contribution is 2.20. The fourth-order valence-electron chi connectivity index (χ4n) is 11.5. The molecular formula is C72H140O6. The monoisotopic (exact) mass is 1100 g/mol. The summed E-state index contributed by atoms with van der Waals surface area (Å²) in [5.41, 5.74) is 0. The Kier molecular flexibility index (Phi) is 66.5. The van der Waals surface area contributed by atoms with E-state index in [9.17, 15) is 14.4 Å². The molecule has 0 aliphatic heterocycles. The Morgan fingerprint density at radius 1 is 0.205 bits per heavy atom. The molecule has 0 spiro atoms. The van der Waals surface area contributed by atoms with Gasteiger partial charge in [-0.3, -0.25) is 14.4 Å². The third-order valence-corrected chi connectivity index (χ3v) is 16.9. The van der Waals surface area contributed by atoms with Crippen molar-refractivity contribution in [2.45, 2.75) is 431 Å². The molecule has 0 aromatic heterocycles. The number of hydrogen-bond donors (Lipinski definition) is 0. The van der Waals surface area contributed by atoms with Gasteiger partial charge in [-0.05, 0) is 19.3 Å². The molecule has 0 fully saturated rings. The molecule has 0 radical (unpaired) electrons. The zero-order valence-corrected chi connectivity index (χ0v) is 53.5. The summed E-state index contributed by atoms with van der Waals surface area (Å²) in [7, 11) is 0. The van der Waals surface area contributed by atoms with Crippen molar-refractivity contribution in [3.8, 4) is 0 Å². The third-order valence-electron chi connectivity index (χ3n) is 16.9. The Balaban J connectivity index is 3.88. The molecule has 464 valence electrons. The van der Waals surface area contributed by atoms with Crippen molar-refractivity contribution in [1.82, 2.24) is 0 Å². The lowest BCUT2D eigenvalue weighted by Gasteiger charge is -2.18. The first-order chi connectivity index (χ1) is 38.5. The Bertz CT molecular complexity index is 1170. The molecular weight excluding hydrogens is 961 g/mol. The van der Waals surface area contributed by atoms with Crippen LogP contribution in [0.1, 0.15) is 425 Å². The first kappa shape index (κ1) is 76.4. The lowest BCUT2D eigenvalue weighted by Crippen LogP contribution is -2.30. The Morgan fingerprint density at radius 3 is 0.513 bits per heavy atom. The summed E-state index contributed by atoms with van der Waals surface area (Å²) in [5.74, 6) is -0.842. The average Bonchev–Trinajstić information content (AvgIpc) is 3.44. The molecule has 0 saturated heterocycles. The number of unbranched alkanes of at least 4 members (excludes halogenated alkanes) is 57. The van der Waals surface area contributed by atoms with Crippen LogP contribution in [-0.4, -0.2) is 37.2 Å². The molecule has 0 saturated carbocycles. The average molecular weight is 1100 g/mol. The maximum atomic E-state index is 12.9. The second-order valence-electron chi connectivity index (χ2n) is 24.9. The molecule has 6 heteroatoms. The van der Waals surface area contributed by atoms with Gasteiger partial charge in [0.1, 0.15) is 13.2 Å². The van der Waals surface area contributed by atoms with Crippen LogP contribution in [0.5, 0.6) is 0 Å². The lowest BCUT2D eigenvalue weighted by molar-refractivity contribution is -0.167. The quantitative estimate of drug-likeness (QED) is 0.0343. The van der Waals surface area contributed by atoms with E-state index >= 15 is 0 Å². The summed E-state index contributed by atoms with van der Waals surface area (Å²) >= 11 is 0. The first-order valence-corrected chi connectivity index (χ1v) is 36.0. The highest BCUT2D eigenvalue weighted by atomic mass is 16.6. The minimum absolute atomic E-state index is 0.0621. The Hall–Kier alpha value is -1.59. The molecule has 78 heavy (non-hydrogen) atoms. The van der Waals surface area contributed by atoms with Gasteiger partial charge in [0.2, 0.25) is 0 Å². The second kappa shape index (κ2) is 67.9. The molecule has 1 atom stereocenters. The molecule has 0 bridgehead atoms. The summed E-state index contributed by atoms with van der Waals surface area (Å²) < 4.78 is 16.8. The van der Waals surface area contributed by atoms with Gasteiger partial charge in [-0.1, -0.05) is 387 Å². The largest absolute Gasteiger partial charge is 0.462 e. The maximum Gasteiger partial charge on any atom is 0.306 e. The number of esters is 3. The fraction of sp³-hybridized carbons (Fsp3) is 0.958. The van der Waals surface area contributed by atoms with E-state index in [-0.39, 0.29) is 31.1 Å². The molecule has 0 rings (SSSR count). The van der Waals surface area contributed by atoms with Crippen molar-refractivity contribution < 1.29 is 28.6 Å². The van der Waals surface area contributed by atoms with Crippen LogP contribution in [0.3, 0.4) is 0 Å². The van der Waals surface area contributed by atoms with E-state index in [1.54, 1.807) is 0 Å². The minimum Gasteiger partial charge on any atom is -0.462 e. The van der Waals surface area contributed by atoms with Crippen molar-refractivity contribution in [3.63, 3.8) is 0 Å². The SMILES string of the molecule is CCCCCCCCCCCCCCCCCCCCCCCCCCCCCCC(=O)OCC(COC(=O)CCCCCCC)OC(=O)CCCCCCCCCCCCCCCCCCCCCCCCCCCCC. The Labute approximate surface area is 488 Å². The van der Waals surface area contributed by atoms with Crippen LogP contribution < -0.4 is 0 Å². The van der Waals surface area contributed by atoms with Gasteiger partial charge in [0.25, 0.3) is 0 Å². The molecule has 0 heterocycles. The minimum atomic E-state index is -0.761. The summed E-state index contributed by atoms with van der Waals surface area (Å²) in [6.45, 7) is 6.65. The standard InChI is InChI=1S/C72H140O6/c1-4-7-10-13-15-17-19-21-23-25-27-29-31-33-35-37-38-40-42-44-46-48-50-52-54-56-59-62-65-71(74)77-68-69(67-76-70(73)64-61-58-12-9-6-3)78-72(75)66-63-60-57-55-53-51-49-47-45-43-41-39-36-34-32-30-28-26-24-22-20-18-16-14-11-8-5-2/h69H,4-68H2,1-3H3. The molecule has 1 unspecified atom stereocenters. The molecule has 6 nitrogen and oxygen atoms in total. The van der Waals surface area contributed by atoms with Crippen LogP contribution in [0.15, 0.2) is 0 Å². The maximum absolute atomic E-state index is 12.9. The van der Waals surface area contributed by atoms with E-state index in [1.165, 1.54) is 321 Å². The number of ether oxygens (including phenoxy) is 3. The third kappa shape index (κ3) is 65.2. The van der Waals surface area contributed by atoms with E-state index in [2.05, 4.69) is 20.8 Å².